The fourth-order valence-corrected chi connectivity index (χ4v) is 3.55. The number of halogens is 2. The first-order valence-corrected chi connectivity index (χ1v) is 9.76. The van der Waals surface area contributed by atoms with Gasteiger partial charge in [-0.15, -0.1) is 0 Å². The number of amides is 1. The minimum atomic E-state index is -0.875. The number of hydrogen-bond donors (Lipinski definition) is 2. The highest BCUT2D eigenvalue weighted by molar-refractivity contribution is 8.00. The van der Waals surface area contributed by atoms with Crippen LogP contribution in [0.3, 0.4) is 0 Å². The maximum Gasteiger partial charge on any atom is 0.262 e. The standard InChI is InChI=1S/C20H15F2N5O2S/c1-11(18(28)24-16-8-7-12(21)9-15(16)22)30-20-25-17-14(19(29)26-20)10-23-27(17)13-5-3-2-4-6-13/h2-11H,1H3,(H,24,28)(H,25,26,29)/t11-/m1/s1. The van der Waals surface area contributed by atoms with Crippen LogP contribution in [0.15, 0.2) is 64.7 Å². The molecule has 1 atom stereocenters. The SMILES string of the molecule is C[C@@H](Sc1nc2c(cnn2-c2ccccc2)c(=O)[nH]1)C(=O)Nc1ccc(F)cc1F. The van der Waals surface area contributed by atoms with Gasteiger partial charge in [0.05, 0.1) is 22.8 Å². The van der Waals surface area contributed by atoms with E-state index in [0.29, 0.717) is 17.1 Å². The molecule has 0 saturated carbocycles. The average molecular weight is 427 g/mol. The molecule has 0 aliphatic heterocycles. The van der Waals surface area contributed by atoms with E-state index in [-0.39, 0.29) is 16.4 Å². The van der Waals surface area contributed by atoms with E-state index in [1.54, 1.807) is 6.92 Å². The van der Waals surface area contributed by atoms with Crippen LogP contribution in [-0.2, 0) is 4.79 Å². The Kier molecular flexibility index (Phi) is 5.32. The zero-order valence-electron chi connectivity index (χ0n) is 15.6. The predicted molar refractivity (Wildman–Crippen MR) is 110 cm³/mol. The first-order chi connectivity index (χ1) is 14.4. The number of aromatic amines is 1. The number of carbonyl (C=O) groups is 1. The fraction of sp³-hybridized carbons (Fsp3) is 0.100. The molecule has 1 amide bonds. The summed E-state index contributed by atoms with van der Waals surface area (Å²) in [6.07, 6.45) is 1.43. The molecule has 4 rings (SSSR count). The molecule has 0 saturated heterocycles. The van der Waals surface area contributed by atoms with Crippen molar-refractivity contribution in [1.82, 2.24) is 19.7 Å². The number of aromatic nitrogens is 4. The summed E-state index contributed by atoms with van der Waals surface area (Å²) in [5.74, 6) is -2.14. The highest BCUT2D eigenvalue weighted by Crippen LogP contribution is 2.23. The third-order valence-electron chi connectivity index (χ3n) is 4.26. The van der Waals surface area contributed by atoms with Crippen LogP contribution < -0.4 is 10.9 Å². The zero-order chi connectivity index (χ0) is 21.3. The molecule has 0 aliphatic rings. The summed E-state index contributed by atoms with van der Waals surface area (Å²) in [7, 11) is 0. The lowest BCUT2D eigenvalue weighted by Crippen LogP contribution is -2.24. The number of rotatable bonds is 5. The lowest BCUT2D eigenvalue weighted by molar-refractivity contribution is -0.115. The Bertz CT molecular complexity index is 1290. The molecular weight excluding hydrogens is 412 g/mol. The van der Waals surface area contributed by atoms with Gasteiger partial charge in [0, 0.05) is 6.07 Å². The number of hydrogen-bond acceptors (Lipinski definition) is 5. The van der Waals surface area contributed by atoms with E-state index in [2.05, 4.69) is 20.4 Å². The second-order valence-electron chi connectivity index (χ2n) is 6.37. The molecule has 30 heavy (non-hydrogen) atoms. The van der Waals surface area contributed by atoms with Gasteiger partial charge in [-0.1, -0.05) is 30.0 Å². The molecule has 0 radical (unpaired) electrons. The van der Waals surface area contributed by atoms with E-state index < -0.39 is 22.8 Å². The highest BCUT2D eigenvalue weighted by Gasteiger charge is 2.19. The minimum Gasteiger partial charge on any atom is -0.323 e. The molecule has 0 bridgehead atoms. The van der Waals surface area contributed by atoms with Gasteiger partial charge in [-0.3, -0.25) is 9.59 Å². The number of nitrogens with zero attached hydrogens (tertiary/aromatic N) is 3. The van der Waals surface area contributed by atoms with Crippen molar-refractivity contribution in [3.05, 3.63) is 76.7 Å². The van der Waals surface area contributed by atoms with Gasteiger partial charge in [0.15, 0.2) is 10.8 Å². The molecule has 0 unspecified atom stereocenters. The predicted octanol–water partition coefficient (Wildman–Crippen LogP) is 3.51. The summed E-state index contributed by atoms with van der Waals surface area (Å²) in [6.45, 7) is 1.58. The molecular formula is C20H15F2N5O2S. The number of H-pyrrole nitrogens is 1. The molecule has 10 heteroatoms. The number of anilines is 1. The van der Waals surface area contributed by atoms with E-state index in [9.17, 15) is 18.4 Å². The van der Waals surface area contributed by atoms with Crippen molar-refractivity contribution in [2.75, 3.05) is 5.32 Å². The second-order valence-corrected chi connectivity index (χ2v) is 7.70. The van der Waals surface area contributed by atoms with Crippen molar-refractivity contribution in [3.8, 4) is 5.69 Å². The van der Waals surface area contributed by atoms with Gasteiger partial charge in [-0.25, -0.2) is 18.4 Å². The van der Waals surface area contributed by atoms with Crippen LogP contribution in [0.4, 0.5) is 14.5 Å². The highest BCUT2D eigenvalue weighted by atomic mass is 32.2. The quantitative estimate of drug-likeness (QED) is 0.376. The van der Waals surface area contributed by atoms with Gasteiger partial charge >= 0.3 is 0 Å². The molecule has 0 aliphatic carbocycles. The maximum absolute atomic E-state index is 13.8. The third-order valence-corrected chi connectivity index (χ3v) is 5.25. The summed E-state index contributed by atoms with van der Waals surface area (Å²) < 4.78 is 28.3. The summed E-state index contributed by atoms with van der Waals surface area (Å²) in [5, 5.41) is 6.44. The summed E-state index contributed by atoms with van der Waals surface area (Å²) >= 11 is 1.000. The van der Waals surface area contributed by atoms with Crippen LogP contribution in [0.2, 0.25) is 0 Å². The first-order valence-electron chi connectivity index (χ1n) is 8.88. The van der Waals surface area contributed by atoms with E-state index >= 15 is 0 Å². The van der Waals surface area contributed by atoms with Crippen molar-refractivity contribution >= 4 is 34.4 Å². The average Bonchev–Trinajstić information content (AvgIpc) is 3.15. The number of para-hydroxylation sites is 1. The van der Waals surface area contributed by atoms with E-state index in [1.807, 2.05) is 30.3 Å². The Hall–Kier alpha value is -3.53. The smallest absolute Gasteiger partial charge is 0.262 e. The zero-order valence-corrected chi connectivity index (χ0v) is 16.4. The summed E-state index contributed by atoms with van der Waals surface area (Å²) in [6, 6.07) is 12.1. The van der Waals surface area contributed by atoms with E-state index in [0.717, 1.165) is 29.6 Å². The van der Waals surface area contributed by atoms with Crippen molar-refractivity contribution in [1.29, 1.82) is 0 Å². The molecule has 0 fully saturated rings. The van der Waals surface area contributed by atoms with Gasteiger partial charge < -0.3 is 10.3 Å². The van der Waals surface area contributed by atoms with Crippen molar-refractivity contribution < 1.29 is 13.6 Å². The Morgan fingerprint density at radius 2 is 1.97 bits per heavy atom. The maximum atomic E-state index is 13.8. The topological polar surface area (TPSA) is 92.7 Å². The van der Waals surface area contributed by atoms with Crippen molar-refractivity contribution in [2.24, 2.45) is 0 Å². The Morgan fingerprint density at radius 3 is 2.70 bits per heavy atom. The molecule has 152 valence electrons. The Morgan fingerprint density at radius 1 is 1.20 bits per heavy atom. The van der Waals surface area contributed by atoms with Crippen molar-refractivity contribution in [2.45, 2.75) is 17.3 Å². The number of benzene rings is 2. The first kappa shape index (κ1) is 19.8. The number of fused-ring (bicyclic) bond motifs is 1. The Labute approximate surface area is 173 Å². The fourth-order valence-electron chi connectivity index (χ4n) is 2.76. The molecule has 2 N–H and O–H groups in total. The lowest BCUT2D eigenvalue weighted by Gasteiger charge is -2.12. The van der Waals surface area contributed by atoms with Crippen LogP contribution in [0.5, 0.6) is 0 Å². The lowest BCUT2D eigenvalue weighted by atomic mass is 10.3. The van der Waals surface area contributed by atoms with Gasteiger partial charge in [-0.05, 0) is 31.2 Å². The summed E-state index contributed by atoms with van der Waals surface area (Å²) in [4.78, 5) is 31.9. The largest absolute Gasteiger partial charge is 0.323 e. The minimum absolute atomic E-state index is 0.132. The van der Waals surface area contributed by atoms with Gasteiger partial charge in [0.25, 0.3) is 5.56 Å². The van der Waals surface area contributed by atoms with E-state index in [1.165, 1.54) is 10.9 Å². The number of carbonyl (C=O) groups excluding carboxylic acids is 1. The van der Waals surface area contributed by atoms with Crippen LogP contribution in [0, 0.1) is 11.6 Å². The Balaban J connectivity index is 1.58. The van der Waals surface area contributed by atoms with E-state index in [4.69, 9.17) is 0 Å². The van der Waals surface area contributed by atoms with Crippen LogP contribution >= 0.6 is 11.8 Å². The molecule has 2 heterocycles. The van der Waals surface area contributed by atoms with Gasteiger partial charge in [0.2, 0.25) is 5.91 Å². The van der Waals surface area contributed by atoms with Crippen LogP contribution in [0.1, 0.15) is 6.92 Å². The number of thioether (sulfide) groups is 1. The monoisotopic (exact) mass is 427 g/mol. The molecule has 0 spiro atoms. The van der Waals surface area contributed by atoms with Gasteiger partial charge in [0.1, 0.15) is 17.0 Å². The molecule has 7 nitrogen and oxygen atoms in total. The molecule has 2 aromatic heterocycles. The third kappa shape index (κ3) is 3.94. The summed E-state index contributed by atoms with van der Waals surface area (Å²) in [5.41, 5.74) is 0.568. The van der Waals surface area contributed by atoms with Gasteiger partial charge in [-0.2, -0.15) is 5.10 Å². The molecule has 4 aromatic rings. The normalized spacial score (nSPS) is 12.1. The number of nitrogens with one attached hydrogen (secondary N) is 2. The second kappa shape index (κ2) is 8.07. The van der Waals surface area contributed by atoms with Crippen LogP contribution in [0.25, 0.3) is 16.7 Å². The molecule has 2 aromatic carbocycles. The van der Waals surface area contributed by atoms with Crippen LogP contribution in [-0.4, -0.2) is 30.9 Å². The van der Waals surface area contributed by atoms with Crippen molar-refractivity contribution in [3.63, 3.8) is 0 Å².